The second kappa shape index (κ2) is 19.1. The summed E-state index contributed by atoms with van der Waals surface area (Å²) in [5, 5.41) is 7.31. The standard InChI is InChI=1S/C67H52N4/c1-49-16-8-15-27-67(49)71(66-33-30-52-19-11-14-22-55(52)48-66)63-44-42-60(43-45-63)68(58-34-38-61(39-35-58)69(56-23-4-2-5-24-56)64-31-28-50-17-9-12-20-53(50)46-64)59-36-40-62(41-37-59)70(57-25-6-3-7-26-57)65-32-29-51-18-10-13-21-54(51)47-65/h2-15,17-49H,16H2,1H3. The van der Waals surface area contributed by atoms with Gasteiger partial charge in [-0.3, -0.25) is 0 Å². The van der Waals surface area contributed by atoms with Gasteiger partial charge in [-0.05, 0) is 178 Å². The molecule has 0 radical (unpaired) electrons. The zero-order valence-corrected chi connectivity index (χ0v) is 39.6. The lowest BCUT2D eigenvalue weighted by atomic mass is 9.96. The van der Waals surface area contributed by atoms with Crippen LogP contribution in [0.25, 0.3) is 32.3 Å². The Kier molecular flexibility index (Phi) is 11.6. The summed E-state index contributed by atoms with van der Waals surface area (Å²) in [4.78, 5) is 9.49. The highest BCUT2D eigenvalue weighted by Crippen LogP contribution is 2.44. The van der Waals surface area contributed by atoms with Crippen molar-refractivity contribution in [2.45, 2.75) is 13.3 Å². The second-order valence-corrected chi connectivity index (χ2v) is 18.3. The first kappa shape index (κ1) is 43.2. The van der Waals surface area contributed by atoms with Gasteiger partial charge in [0.15, 0.2) is 0 Å². The van der Waals surface area contributed by atoms with Gasteiger partial charge < -0.3 is 19.6 Å². The van der Waals surface area contributed by atoms with Gasteiger partial charge in [0.05, 0.1) is 0 Å². The summed E-state index contributed by atoms with van der Waals surface area (Å²) in [5.74, 6) is 0.356. The molecule has 11 aromatic rings. The molecule has 0 amide bonds. The zero-order chi connectivity index (χ0) is 47.5. The van der Waals surface area contributed by atoms with Gasteiger partial charge in [-0.1, -0.05) is 146 Å². The lowest BCUT2D eigenvalue weighted by molar-refractivity contribution is 0.670. The van der Waals surface area contributed by atoms with Crippen molar-refractivity contribution in [2.75, 3.05) is 19.6 Å². The molecule has 71 heavy (non-hydrogen) atoms. The van der Waals surface area contributed by atoms with E-state index in [9.17, 15) is 0 Å². The number of nitrogens with zero attached hydrogens (tertiary/aromatic N) is 4. The second-order valence-electron chi connectivity index (χ2n) is 18.3. The number of rotatable bonds is 12. The van der Waals surface area contributed by atoms with E-state index in [1.165, 1.54) is 38.0 Å². The topological polar surface area (TPSA) is 13.0 Å². The molecular weight excluding hydrogens is 861 g/mol. The van der Waals surface area contributed by atoms with Crippen LogP contribution >= 0.6 is 0 Å². The molecule has 0 spiro atoms. The molecule has 4 heteroatoms. The lowest BCUT2D eigenvalue weighted by Crippen LogP contribution is -2.22. The SMILES string of the molecule is CC1CC=CC=C1N(c1ccc(N(c2ccc(N(c3ccccc3)c3ccc4ccccc4c3)cc2)c2ccc(N(c3ccccc3)c3ccc4ccccc4c3)cc2)cc1)c1ccc2ccccc2c1. The maximum atomic E-state index is 2.44. The van der Waals surface area contributed by atoms with Gasteiger partial charge in [0.25, 0.3) is 0 Å². The number of anilines is 11. The third-order valence-electron chi connectivity index (χ3n) is 13.8. The van der Waals surface area contributed by atoms with E-state index in [0.717, 1.165) is 69.0 Å². The van der Waals surface area contributed by atoms with Crippen LogP contribution in [0.1, 0.15) is 13.3 Å². The minimum atomic E-state index is 0.356. The minimum absolute atomic E-state index is 0.356. The average Bonchev–Trinajstić information content (AvgIpc) is 3.43. The normalized spacial score (nSPS) is 13.3. The lowest BCUT2D eigenvalue weighted by Gasteiger charge is -2.33. The molecule has 4 nitrogen and oxygen atoms in total. The zero-order valence-electron chi connectivity index (χ0n) is 39.6. The van der Waals surface area contributed by atoms with Gasteiger partial charge in [0.1, 0.15) is 0 Å². The third kappa shape index (κ3) is 8.69. The van der Waals surface area contributed by atoms with Crippen molar-refractivity contribution in [3.05, 3.63) is 285 Å². The van der Waals surface area contributed by atoms with Crippen LogP contribution in [0.2, 0.25) is 0 Å². The van der Waals surface area contributed by atoms with Crippen LogP contribution in [0, 0.1) is 5.92 Å². The van der Waals surface area contributed by atoms with Crippen LogP contribution in [0.5, 0.6) is 0 Å². The quantitative estimate of drug-likeness (QED) is 0.121. The van der Waals surface area contributed by atoms with Gasteiger partial charge in [-0.25, -0.2) is 0 Å². The number of hydrogen-bond donors (Lipinski definition) is 0. The highest BCUT2D eigenvalue weighted by molar-refractivity contribution is 5.92. The molecule has 12 rings (SSSR count). The summed E-state index contributed by atoms with van der Waals surface area (Å²) in [5.41, 5.74) is 13.3. The predicted molar refractivity (Wildman–Crippen MR) is 303 cm³/mol. The fraction of sp³-hybridized carbons (Fsp3) is 0.0448. The Bertz CT molecular complexity index is 3530. The first-order valence-corrected chi connectivity index (χ1v) is 24.6. The van der Waals surface area contributed by atoms with Crippen molar-refractivity contribution < 1.29 is 0 Å². The molecule has 0 fully saturated rings. The van der Waals surface area contributed by atoms with Crippen LogP contribution in [-0.2, 0) is 0 Å². The van der Waals surface area contributed by atoms with E-state index in [1.54, 1.807) is 0 Å². The van der Waals surface area contributed by atoms with Crippen LogP contribution < -0.4 is 19.6 Å². The molecule has 1 aliphatic carbocycles. The Balaban J connectivity index is 0.963. The third-order valence-corrected chi connectivity index (χ3v) is 13.8. The monoisotopic (exact) mass is 912 g/mol. The maximum absolute atomic E-state index is 2.44. The van der Waals surface area contributed by atoms with E-state index in [-0.39, 0.29) is 0 Å². The Morgan fingerprint density at radius 3 is 0.887 bits per heavy atom. The van der Waals surface area contributed by atoms with Gasteiger partial charge in [0, 0.05) is 74.2 Å². The van der Waals surface area contributed by atoms with E-state index in [1.807, 2.05) is 0 Å². The van der Waals surface area contributed by atoms with Crippen molar-refractivity contribution in [3.63, 3.8) is 0 Å². The Morgan fingerprint density at radius 1 is 0.268 bits per heavy atom. The van der Waals surface area contributed by atoms with Gasteiger partial charge in [0.2, 0.25) is 0 Å². The van der Waals surface area contributed by atoms with Crippen LogP contribution in [-0.4, -0.2) is 0 Å². The van der Waals surface area contributed by atoms with E-state index >= 15 is 0 Å². The van der Waals surface area contributed by atoms with Crippen molar-refractivity contribution in [3.8, 4) is 0 Å². The summed E-state index contributed by atoms with van der Waals surface area (Å²) < 4.78 is 0. The number of para-hydroxylation sites is 2. The summed E-state index contributed by atoms with van der Waals surface area (Å²) in [6.07, 6.45) is 7.75. The molecule has 1 atom stereocenters. The van der Waals surface area contributed by atoms with E-state index in [4.69, 9.17) is 0 Å². The van der Waals surface area contributed by atoms with Crippen LogP contribution in [0.3, 0.4) is 0 Å². The first-order valence-electron chi connectivity index (χ1n) is 24.6. The van der Waals surface area contributed by atoms with Crippen molar-refractivity contribution >= 4 is 94.9 Å². The number of allylic oxidation sites excluding steroid dienone is 4. The summed E-state index contributed by atoms with van der Waals surface area (Å²) in [6.45, 7) is 2.32. The summed E-state index contributed by atoms with van der Waals surface area (Å²) >= 11 is 0. The van der Waals surface area contributed by atoms with Gasteiger partial charge >= 0.3 is 0 Å². The molecule has 0 aromatic heterocycles. The fourth-order valence-corrected chi connectivity index (χ4v) is 10.2. The molecule has 0 N–H and O–H groups in total. The predicted octanol–water partition coefficient (Wildman–Crippen LogP) is 19.2. The van der Waals surface area contributed by atoms with Crippen molar-refractivity contribution in [2.24, 2.45) is 5.92 Å². The van der Waals surface area contributed by atoms with Crippen LogP contribution in [0.15, 0.2) is 285 Å². The molecule has 0 bridgehead atoms. The molecule has 0 aliphatic heterocycles. The highest BCUT2D eigenvalue weighted by Gasteiger charge is 2.23. The average molecular weight is 913 g/mol. The van der Waals surface area contributed by atoms with E-state index in [0.29, 0.717) is 5.92 Å². The van der Waals surface area contributed by atoms with Crippen molar-refractivity contribution in [1.29, 1.82) is 0 Å². The largest absolute Gasteiger partial charge is 0.314 e. The van der Waals surface area contributed by atoms with Crippen molar-refractivity contribution in [1.82, 2.24) is 0 Å². The minimum Gasteiger partial charge on any atom is -0.314 e. The fourth-order valence-electron chi connectivity index (χ4n) is 10.2. The number of benzene rings is 11. The Hall–Kier alpha value is -9.12. The molecule has 1 unspecified atom stereocenters. The van der Waals surface area contributed by atoms with E-state index in [2.05, 4.69) is 306 Å². The van der Waals surface area contributed by atoms with Gasteiger partial charge in [-0.15, -0.1) is 0 Å². The molecule has 0 heterocycles. The molecule has 340 valence electrons. The van der Waals surface area contributed by atoms with Gasteiger partial charge in [-0.2, -0.15) is 0 Å². The molecule has 0 saturated carbocycles. The Morgan fingerprint density at radius 2 is 0.535 bits per heavy atom. The van der Waals surface area contributed by atoms with E-state index < -0.39 is 0 Å². The Labute approximate surface area is 416 Å². The molecule has 1 aliphatic rings. The van der Waals surface area contributed by atoms with Crippen LogP contribution in [0.4, 0.5) is 62.6 Å². The molecular formula is C67H52N4. The highest BCUT2D eigenvalue weighted by atomic mass is 15.2. The molecule has 0 saturated heterocycles. The number of hydrogen-bond acceptors (Lipinski definition) is 4. The first-order chi connectivity index (χ1) is 35.1. The molecule has 11 aromatic carbocycles. The summed E-state index contributed by atoms with van der Waals surface area (Å²) in [6, 6.07) is 94.3. The number of fused-ring (bicyclic) bond motifs is 3. The smallest absolute Gasteiger partial charge is 0.0468 e. The maximum Gasteiger partial charge on any atom is 0.0468 e. The summed E-state index contributed by atoms with van der Waals surface area (Å²) in [7, 11) is 0.